The van der Waals surface area contributed by atoms with Crippen molar-refractivity contribution in [2.24, 2.45) is 17.8 Å². The molecule has 1 aromatic rings. The SMILES string of the molecule is Cc1ccc(F)cc1NC(C)C1CC2C=CC1C2. The zero-order valence-electron chi connectivity index (χ0n) is 11.0. The van der Waals surface area contributed by atoms with Crippen LogP contribution in [0.3, 0.4) is 0 Å². The predicted molar refractivity (Wildman–Crippen MR) is 73.1 cm³/mol. The van der Waals surface area contributed by atoms with Gasteiger partial charge in [0.2, 0.25) is 0 Å². The van der Waals surface area contributed by atoms with Gasteiger partial charge in [0.1, 0.15) is 5.82 Å². The summed E-state index contributed by atoms with van der Waals surface area (Å²) in [5.74, 6) is 2.05. The van der Waals surface area contributed by atoms with Crippen molar-refractivity contribution >= 4 is 5.69 Å². The van der Waals surface area contributed by atoms with Gasteiger partial charge in [-0.25, -0.2) is 4.39 Å². The molecule has 0 aromatic heterocycles. The van der Waals surface area contributed by atoms with Crippen LogP contribution >= 0.6 is 0 Å². The van der Waals surface area contributed by atoms with Crippen LogP contribution in [0.15, 0.2) is 30.4 Å². The molecular weight excluding hydrogens is 225 g/mol. The van der Waals surface area contributed by atoms with Crippen LogP contribution in [-0.4, -0.2) is 6.04 Å². The largest absolute Gasteiger partial charge is 0.382 e. The van der Waals surface area contributed by atoms with E-state index in [2.05, 4.69) is 24.4 Å². The Balaban J connectivity index is 1.72. The van der Waals surface area contributed by atoms with Gasteiger partial charge in [0.05, 0.1) is 0 Å². The van der Waals surface area contributed by atoms with Crippen molar-refractivity contribution in [1.29, 1.82) is 0 Å². The molecule has 1 saturated carbocycles. The lowest BCUT2D eigenvalue weighted by Gasteiger charge is -2.27. The van der Waals surface area contributed by atoms with Crippen LogP contribution in [0.5, 0.6) is 0 Å². The number of hydrogen-bond acceptors (Lipinski definition) is 1. The summed E-state index contributed by atoms with van der Waals surface area (Å²) in [6.45, 7) is 4.25. The molecule has 2 aliphatic carbocycles. The van der Waals surface area contributed by atoms with E-state index in [1.54, 1.807) is 6.07 Å². The van der Waals surface area contributed by atoms with Crippen LogP contribution < -0.4 is 5.32 Å². The lowest BCUT2D eigenvalue weighted by Crippen LogP contribution is -2.29. The first-order valence-corrected chi connectivity index (χ1v) is 6.84. The molecule has 0 saturated heterocycles. The maximum atomic E-state index is 13.3. The van der Waals surface area contributed by atoms with Crippen LogP contribution in [0.25, 0.3) is 0 Å². The van der Waals surface area contributed by atoms with Crippen molar-refractivity contribution in [3.05, 3.63) is 41.7 Å². The van der Waals surface area contributed by atoms with Crippen molar-refractivity contribution in [3.63, 3.8) is 0 Å². The van der Waals surface area contributed by atoms with Crippen molar-refractivity contribution in [3.8, 4) is 0 Å². The number of halogens is 1. The third kappa shape index (κ3) is 2.05. The van der Waals surface area contributed by atoms with Gasteiger partial charge in [-0.05, 0) is 62.1 Å². The maximum Gasteiger partial charge on any atom is 0.125 e. The zero-order valence-corrected chi connectivity index (χ0v) is 11.0. The van der Waals surface area contributed by atoms with Gasteiger partial charge >= 0.3 is 0 Å². The van der Waals surface area contributed by atoms with Crippen molar-refractivity contribution < 1.29 is 4.39 Å². The van der Waals surface area contributed by atoms with E-state index in [0.29, 0.717) is 12.0 Å². The Kier molecular flexibility index (Phi) is 2.89. The van der Waals surface area contributed by atoms with Crippen molar-refractivity contribution in [2.45, 2.75) is 32.7 Å². The van der Waals surface area contributed by atoms with Gasteiger partial charge in [-0.2, -0.15) is 0 Å². The Labute approximate surface area is 108 Å². The molecule has 4 unspecified atom stereocenters. The molecule has 2 aliphatic rings. The number of aryl methyl sites for hydroxylation is 1. The minimum absolute atomic E-state index is 0.164. The molecule has 0 spiro atoms. The molecule has 18 heavy (non-hydrogen) atoms. The standard InChI is InChI=1S/C16H20FN/c1-10-3-6-14(17)9-16(10)18-11(2)15-8-12-4-5-13(15)7-12/h3-6,9,11-13,15,18H,7-8H2,1-2H3. The van der Waals surface area contributed by atoms with E-state index < -0.39 is 0 Å². The van der Waals surface area contributed by atoms with E-state index in [4.69, 9.17) is 0 Å². The third-order valence-electron chi connectivity index (χ3n) is 4.56. The summed E-state index contributed by atoms with van der Waals surface area (Å²) in [6, 6.07) is 5.37. The Morgan fingerprint density at radius 2 is 2.11 bits per heavy atom. The summed E-state index contributed by atoms with van der Waals surface area (Å²) < 4.78 is 13.3. The van der Waals surface area contributed by atoms with Gasteiger partial charge in [0.25, 0.3) is 0 Å². The average molecular weight is 245 g/mol. The first-order chi connectivity index (χ1) is 8.63. The fraction of sp³-hybridized carbons (Fsp3) is 0.500. The molecule has 96 valence electrons. The van der Waals surface area contributed by atoms with E-state index in [1.165, 1.54) is 18.9 Å². The lowest BCUT2D eigenvalue weighted by atomic mass is 9.87. The second-order valence-electron chi connectivity index (χ2n) is 5.84. The highest BCUT2D eigenvalue weighted by Crippen LogP contribution is 2.45. The fourth-order valence-corrected chi connectivity index (χ4v) is 3.50. The minimum atomic E-state index is -0.164. The van der Waals surface area contributed by atoms with E-state index in [1.807, 2.05) is 13.0 Å². The number of hydrogen-bond donors (Lipinski definition) is 1. The molecule has 0 aliphatic heterocycles. The van der Waals surface area contributed by atoms with E-state index >= 15 is 0 Å². The van der Waals surface area contributed by atoms with Crippen LogP contribution in [0.1, 0.15) is 25.3 Å². The van der Waals surface area contributed by atoms with Crippen molar-refractivity contribution in [2.75, 3.05) is 5.32 Å². The summed E-state index contributed by atoms with van der Waals surface area (Å²) in [5, 5.41) is 3.50. The number of anilines is 1. The van der Waals surface area contributed by atoms with E-state index in [-0.39, 0.29) is 5.82 Å². The quantitative estimate of drug-likeness (QED) is 0.789. The van der Waals surface area contributed by atoms with Crippen LogP contribution in [-0.2, 0) is 0 Å². The number of fused-ring (bicyclic) bond motifs is 2. The van der Waals surface area contributed by atoms with Gasteiger partial charge < -0.3 is 5.32 Å². The molecule has 1 aromatic carbocycles. The van der Waals surface area contributed by atoms with Gasteiger partial charge in [0.15, 0.2) is 0 Å². The predicted octanol–water partition coefficient (Wildman–Crippen LogP) is 4.15. The first-order valence-electron chi connectivity index (χ1n) is 6.84. The highest BCUT2D eigenvalue weighted by atomic mass is 19.1. The number of allylic oxidation sites excluding steroid dienone is 2. The summed E-state index contributed by atoms with van der Waals surface area (Å²) in [4.78, 5) is 0. The monoisotopic (exact) mass is 245 g/mol. The van der Waals surface area contributed by atoms with Gasteiger partial charge in [-0.3, -0.25) is 0 Å². The number of nitrogens with one attached hydrogen (secondary N) is 1. The summed E-state index contributed by atoms with van der Waals surface area (Å²) in [5.41, 5.74) is 2.05. The Bertz CT molecular complexity index is 480. The normalized spacial score (nSPS) is 30.7. The molecule has 2 bridgehead atoms. The molecule has 1 N–H and O–H groups in total. The molecule has 2 heteroatoms. The van der Waals surface area contributed by atoms with E-state index in [9.17, 15) is 4.39 Å². The second-order valence-corrected chi connectivity index (χ2v) is 5.84. The summed E-state index contributed by atoms with van der Waals surface area (Å²) >= 11 is 0. The molecule has 1 fully saturated rings. The molecule has 0 amide bonds. The smallest absolute Gasteiger partial charge is 0.125 e. The molecular formula is C16H20FN. The Hall–Kier alpha value is -1.31. The van der Waals surface area contributed by atoms with Crippen LogP contribution in [0.2, 0.25) is 0 Å². The molecule has 3 rings (SSSR count). The lowest BCUT2D eigenvalue weighted by molar-refractivity contribution is 0.399. The van der Waals surface area contributed by atoms with E-state index in [0.717, 1.165) is 23.1 Å². The topological polar surface area (TPSA) is 12.0 Å². The summed E-state index contributed by atoms with van der Waals surface area (Å²) in [6.07, 6.45) is 7.33. The maximum absolute atomic E-state index is 13.3. The van der Waals surface area contributed by atoms with Gasteiger partial charge in [-0.1, -0.05) is 18.2 Å². The van der Waals surface area contributed by atoms with Crippen LogP contribution in [0, 0.1) is 30.5 Å². The second kappa shape index (κ2) is 4.42. The number of rotatable bonds is 3. The molecule has 1 nitrogen and oxygen atoms in total. The van der Waals surface area contributed by atoms with Gasteiger partial charge in [-0.15, -0.1) is 0 Å². The van der Waals surface area contributed by atoms with Crippen molar-refractivity contribution in [1.82, 2.24) is 0 Å². The average Bonchev–Trinajstić information content (AvgIpc) is 2.96. The highest BCUT2D eigenvalue weighted by Gasteiger charge is 2.38. The highest BCUT2D eigenvalue weighted by molar-refractivity contribution is 5.51. The van der Waals surface area contributed by atoms with Crippen LogP contribution in [0.4, 0.5) is 10.1 Å². The summed E-state index contributed by atoms with van der Waals surface area (Å²) in [7, 11) is 0. The first kappa shape index (κ1) is 11.8. The molecule has 4 atom stereocenters. The molecule has 0 radical (unpaired) electrons. The Morgan fingerprint density at radius 3 is 2.78 bits per heavy atom. The molecule has 0 heterocycles. The fourth-order valence-electron chi connectivity index (χ4n) is 3.50. The minimum Gasteiger partial charge on any atom is -0.382 e. The zero-order chi connectivity index (χ0) is 12.7. The number of benzene rings is 1. The van der Waals surface area contributed by atoms with Gasteiger partial charge in [0, 0.05) is 11.7 Å². The third-order valence-corrected chi connectivity index (χ3v) is 4.56. The Morgan fingerprint density at radius 1 is 1.28 bits per heavy atom.